The van der Waals surface area contributed by atoms with Crippen molar-refractivity contribution >= 4 is 17.5 Å². The van der Waals surface area contributed by atoms with Crippen molar-refractivity contribution in [2.24, 2.45) is 0 Å². The standard InChI is InChI=1S/C18H15FN2O3/c19-14-6-4-12(5-7-14)13-2-1-3-15(10-13)20-16-11-17(23)21(8-9-22)18(16)24/h1-7,10-11,20,22H,8-9H2. The van der Waals surface area contributed by atoms with E-state index in [1.54, 1.807) is 30.3 Å². The van der Waals surface area contributed by atoms with Gasteiger partial charge in [-0.1, -0.05) is 24.3 Å². The molecule has 0 saturated heterocycles. The topological polar surface area (TPSA) is 69.6 Å². The summed E-state index contributed by atoms with van der Waals surface area (Å²) in [5, 5.41) is 11.8. The van der Waals surface area contributed by atoms with Gasteiger partial charge in [0.05, 0.1) is 13.2 Å². The summed E-state index contributed by atoms with van der Waals surface area (Å²) in [4.78, 5) is 24.8. The number of nitrogens with one attached hydrogen (secondary N) is 1. The van der Waals surface area contributed by atoms with Gasteiger partial charge in [0.2, 0.25) is 0 Å². The van der Waals surface area contributed by atoms with Crippen LogP contribution in [0.25, 0.3) is 11.1 Å². The summed E-state index contributed by atoms with van der Waals surface area (Å²) in [6.07, 6.45) is 1.21. The zero-order valence-electron chi connectivity index (χ0n) is 12.7. The van der Waals surface area contributed by atoms with Crippen molar-refractivity contribution in [1.82, 2.24) is 4.90 Å². The predicted molar refractivity (Wildman–Crippen MR) is 87.3 cm³/mol. The van der Waals surface area contributed by atoms with E-state index in [0.717, 1.165) is 16.0 Å². The maximum Gasteiger partial charge on any atom is 0.277 e. The summed E-state index contributed by atoms with van der Waals surface area (Å²) in [5.74, 6) is -1.23. The number of hydrogen-bond donors (Lipinski definition) is 2. The van der Waals surface area contributed by atoms with E-state index in [2.05, 4.69) is 5.32 Å². The van der Waals surface area contributed by atoms with Gasteiger partial charge in [0, 0.05) is 11.8 Å². The Morgan fingerprint density at radius 1 is 1.04 bits per heavy atom. The zero-order valence-corrected chi connectivity index (χ0v) is 12.7. The van der Waals surface area contributed by atoms with E-state index in [0.29, 0.717) is 5.69 Å². The summed E-state index contributed by atoms with van der Waals surface area (Å²) in [6.45, 7) is -0.312. The number of rotatable bonds is 5. The van der Waals surface area contributed by atoms with Crippen LogP contribution in [0.15, 0.2) is 60.3 Å². The number of anilines is 1. The summed E-state index contributed by atoms with van der Waals surface area (Å²) in [7, 11) is 0. The maximum absolute atomic E-state index is 13.0. The molecule has 1 aliphatic heterocycles. The van der Waals surface area contributed by atoms with Crippen LogP contribution in [0.2, 0.25) is 0 Å². The molecule has 0 aromatic heterocycles. The fourth-order valence-corrected chi connectivity index (χ4v) is 2.48. The molecule has 24 heavy (non-hydrogen) atoms. The van der Waals surface area contributed by atoms with E-state index in [1.807, 2.05) is 6.07 Å². The molecule has 0 radical (unpaired) electrons. The number of halogens is 1. The first-order valence-corrected chi connectivity index (χ1v) is 7.40. The highest BCUT2D eigenvalue weighted by molar-refractivity contribution is 6.17. The summed E-state index contributed by atoms with van der Waals surface area (Å²) in [5.41, 5.74) is 2.48. The van der Waals surface area contributed by atoms with Crippen LogP contribution in [0, 0.1) is 5.82 Å². The molecule has 0 bridgehead atoms. The second-order valence-corrected chi connectivity index (χ2v) is 5.29. The van der Waals surface area contributed by atoms with E-state index in [9.17, 15) is 14.0 Å². The molecule has 0 aliphatic carbocycles. The van der Waals surface area contributed by atoms with Crippen molar-refractivity contribution in [2.75, 3.05) is 18.5 Å². The van der Waals surface area contributed by atoms with Gasteiger partial charge in [0.15, 0.2) is 0 Å². The molecule has 0 atom stereocenters. The molecular formula is C18H15FN2O3. The van der Waals surface area contributed by atoms with Gasteiger partial charge < -0.3 is 10.4 Å². The van der Waals surface area contributed by atoms with Crippen LogP contribution in [0.3, 0.4) is 0 Å². The van der Waals surface area contributed by atoms with Crippen LogP contribution in [-0.2, 0) is 9.59 Å². The minimum atomic E-state index is -0.471. The Morgan fingerprint density at radius 3 is 2.50 bits per heavy atom. The van der Waals surface area contributed by atoms with Crippen LogP contribution in [0.4, 0.5) is 10.1 Å². The molecule has 3 rings (SSSR count). The molecule has 2 N–H and O–H groups in total. The molecular weight excluding hydrogens is 311 g/mol. The van der Waals surface area contributed by atoms with Crippen molar-refractivity contribution in [3.8, 4) is 11.1 Å². The Morgan fingerprint density at radius 2 is 1.79 bits per heavy atom. The van der Waals surface area contributed by atoms with E-state index in [1.165, 1.54) is 18.2 Å². The number of benzene rings is 2. The first-order chi connectivity index (χ1) is 11.6. The van der Waals surface area contributed by atoms with E-state index >= 15 is 0 Å². The number of imide groups is 1. The van der Waals surface area contributed by atoms with Gasteiger partial charge in [0.25, 0.3) is 11.8 Å². The number of carbonyl (C=O) groups is 2. The van der Waals surface area contributed by atoms with Crippen LogP contribution in [0.1, 0.15) is 0 Å². The molecule has 5 nitrogen and oxygen atoms in total. The molecule has 1 heterocycles. The van der Waals surface area contributed by atoms with Gasteiger partial charge >= 0.3 is 0 Å². The monoisotopic (exact) mass is 326 g/mol. The predicted octanol–water partition coefficient (Wildman–Crippen LogP) is 2.15. The largest absolute Gasteiger partial charge is 0.395 e. The Bertz CT molecular complexity index is 815. The number of hydrogen-bond acceptors (Lipinski definition) is 4. The van der Waals surface area contributed by atoms with Gasteiger partial charge in [-0.25, -0.2) is 4.39 Å². The minimum Gasteiger partial charge on any atom is -0.395 e. The third-order valence-electron chi connectivity index (χ3n) is 3.65. The van der Waals surface area contributed by atoms with E-state index in [-0.39, 0.29) is 24.7 Å². The third kappa shape index (κ3) is 3.18. The Labute approximate surface area is 138 Å². The molecule has 0 saturated carbocycles. The lowest BCUT2D eigenvalue weighted by molar-refractivity contribution is -0.137. The van der Waals surface area contributed by atoms with Gasteiger partial charge in [-0.05, 0) is 35.4 Å². The first kappa shape index (κ1) is 15.9. The summed E-state index contributed by atoms with van der Waals surface area (Å²) >= 11 is 0. The second-order valence-electron chi connectivity index (χ2n) is 5.29. The smallest absolute Gasteiger partial charge is 0.277 e. The Balaban J connectivity index is 1.81. The third-order valence-corrected chi connectivity index (χ3v) is 3.65. The lowest BCUT2D eigenvalue weighted by Crippen LogP contribution is -2.34. The van der Waals surface area contributed by atoms with Crippen molar-refractivity contribution < 1.29 is 19.1 Å². The van der Waals surface area contributed by atoms with Gasteiger partial charge in [-0.3, -0.25) is 14.5 Å². The number of carbonyl (C=O) groups excluding carboxylic acids is 2. The van der Waals surface area contributed by atoms with Crippen molar-refractivity contribution in [3.63, 3.8) is 0 Å². The van der Waals surface area contributed by atoms with Crippen molar-refractivity contribution in [3.05, 3.63) is 66.1 Å². The molecule has 6 heteroatoms. The molecule has 0 fully saturated rings. The number of β-amino-alcohol motifs (C(OH)–C–C–N with tert-alkyl or cyclic N) is 1. The molecule has 0 spiro atoms. The number of aliphatic hydroxyl groups excluding tert-OH is 1. The molecule has 2 aromatic rings. The van der Waals surface area contributed by atoms with E-state index in [4.69, 9.17) is 5.11 Å². The van der Waals surface area contributed by atoms with Gasteiger partial charge in [0.1, 0.15) is 11.5 Å². The van der Waals surface area contributed by atoms with Crippen LogP contribution >= 0.6 is 0 Å². The van der Waals surface area contributed by atoms with Gasteiger partial charge in [-0.2, -0.15) is 0 Å². The number of aliphatic hydroxyl groups is 1. The fraction of sp³-hybridized carbons (Fsp3) is 0.111. The van der Waals surface area contributed by atoms with Crippen LogP contribution in [-0.4, -0.2) is 35.0 Å². The molecule has 2 aromatic carbocycles. The summed E-state index contributed by atoms with van der Waals surface area (Å²) < 4.78 is 13.0. The second kappa shape index (κ2) is 6.64. The van der Waals surface area contributed by atoms with Crippen LogP contribution < -0.4 is 5.32 Å². The quantitative estimate of drug-likeness (QED) is 0.826. The lowest BCUT2D eigenvalue weighted by atomic mass is 10.1. The first-order valence-electron chi connectivity index (χ1n) is 7.40. The van der Waals surface area contributed by atoms with Crippen LogP contribution in [0.5, 0.6) is 0 Å². The van der Waals surface area contributed by atoms with Gasteiger partial charge in [-0.15, -0.1) is 0 Å². The number of amides is 2. The van der Waals surface area contributed by atoms with E-state index < -0.39 is 11.8 Å². The highest BCUT2D eigenvalue weighted by Gasteiger charge is 2.30. The lowest BCUT2D eigenvalue weighted by Gasteiger charge is -2.13. The summed E-state index contributed by atoms with van der Waals surface area (Å²) in [6, 6.07) is 13.3. The highest BCUT2D eigenvalue weighted by atomic mass is 19.1. The normalized spacial score (nSPS) is 14.1. The average Bonchev–Trinajstić information content (AvgIpc) is 2.84. The Kier molecular flexibility index (Phi) is 4.39. The zero-order chi connectivity index (χ0) is 17.1. The number of nitrogens with zero attached hydrogens (tertiary/aromatic N) is 1. The Hall–Kier alpha value is -2.99. The average molecular weight is 326 g/mol. The highest BCUT2D eigenvalue weighted by Crippen LogP contribution is 2.24. The minimum absolute atomic E-state index is 0.0328. The molecule has 0 unspecified atom stereocenters. The molecule has 2 amide bonds. The SMILES string of the molecule is O=C1C=C(Nc2cccc(-c3ccc(F)cc3)c2)C(=O)N1CCO. The van der Waals surface area contributed by atoms with Crippen molar-refractivity contribution in [2.45, 2.75) is 0 Å². The maximum atomic E-state index is 13.0. The fourth-order valence-electron chi connectivity index (χ4n) is 2.48. The molecule has 122 valence electrons. The van der Waals surface area contributed by atoms with Crippen molar-refractivity contribution in [1.29, 1.82) is 0 Å². The molecule has 1 aliphatic rings.